The van der Waals surface area contributed by atoms with Crippen LogP contribution in [0.1, 0.15) is 42.4 Å². The number of hydrogen-bond acceptors (Lipinski definition) is 2. The maximum Gasteiger partial charge on any atom is 0.0802 e. The first-order valence-corrected chi connectivity index (χ1v) is 6.19. The highest BCUT2D eigenvalue weighted by atomic mass is 79.9. The molecule has 0 aromatic heterocycles. The SMILES string of the molecule is NCCC(O)c1ccc(C2CC2)c(Br)c1. The van der Waals surface area contributed by atoms with E-state index in [-0.39, 0.29) is 0 Å². The molecule has 1 fully saturated rings. The van der Waals surface area contributed by atoms with Crippen molar-refractivity contribution in [3.63, 3.8) is 0 Å². The first-order valence-electron chi connectivity index (χ1n) is 5.40. The average molecular weight is 270 g/mol. The Morgan fingerprint density at radius 3 is 2.73 bits per heavy atom. The van der Waals surface area contributed by atoms with Gasteiger partial charge in [0.05, 0.1) is 6.10 Å². The van der Waals surface area contributed by atoms with Crippen molar-refractivity contribution in [2.45, 2.75) is 31.3 Å². The molecule has 2 rings (SSSR count). The number of rotatable bonds is 4. The molecule has 1 atom stereocenters. The van der Waals surface area contributed by atoms with Crippen LogP contribution in [0, 0.1) is 0 Å². The molecule has 1 aromatic carbocycles. The Hall–Kier alpha value is -0.380. The fourth-order valence-corrected chi connectivity index (χ4v) is 2.52. The van der Waals surface area contributed by atoms with Crippen LogP contribution >= 0.6 is 15.9 Å². The Kier molecular flexibility index (Phi) is 3.44. The van der Waals surface area contributed by atoms with Crippen LogP contribution in [0.3, 0.4) is 0 Å². The average Bonchev–Trinajstić information content (AvgIpc) is 3.01. The lowest BCUT2D eigenvalue weighted by Crippen LogP contribution is -2.06. The lowest BCUT2D eigenvalue weighted by Gasteiger charge is -2.11. The largest absolute Gasteiger partial charge is 0.388 e. The summed E-state index contributed by atoms with van der Waals surface area (Å²) in [4.78, 5) is 0. The summed E-state index contributed by atoms with van der Waals surface area (Å²) in [5.41, 5.74) is 7.75. The molecule has 1 saturated carbocycles. The minimum absolute atomic E-state index is 0.431. The molecule has 0 radical (unpaired) electrons. The van der Waals surface area contributed by atoms with E-state index in [0.717, 1.165) is 16.0 Å². The quantitative estimate of drug-likeness (QED) is 0.883. The predicted octanol–water partition coefficient (Wildman–Crippen LogP) is 2.71. The van der Waals surface area contributed by atoms with E-state index in [1.54, 1.807) is 0 Å². The lowest BCUT2D eigenvalue weighted by molar-refractivity contribution is 0.170. The Labute approximate surface area is 98.6 Å². The first-order chi connectivity index (χ1) is 7.22. The number of hydrogen-bond donors (Lipinski definition) is 2. The zero-order valence-corrected chi connectivity index (χ0v) is 10.2. The molecule has 2 nitrogen and oxygen atoms in total. The molecule has 3 heteroatoms. The topological polar surface area (TPSA) is 46.2 Å². The highest BCUT2D eigenvalue weighted by molar-refractivity contribution is 9.10. The summed E-state index contributed by atoms with van der Waals surface area (Å²) in [5, 5.41) is 9.79. The van der Waals surface area contributed by atoms with Crippen molar-refractivity contribution in [3.8, 4) is 0 Å². The molecule has 0 heterocycles. The van der Waals surface area contributed by atoms with Gasteiger partial charge in [-0.3, -0.25) is 0 Å². The van der Waals surface area contributed by atoms with Crippen molar-refractivity contribution in [1.29, 1.82) is 0 Å². The summed E-state index contributed by atoms with van der Waals surface area (Å²) in [6, 6.07) is 6.16. The van der Waals surface area contributed by atoms with E-state index < -0.39 is 6.10 Å². The minimum Gasteiger partial charge on any atom is -0.388 e. The third-order valence-corrected chi connectivity index (χ3v) is 3.55. The summed E-state index contributed by atoms with van der Waals surface area (Å²) in [6.45, 7) is 0.517. The van der Waals surface area contributed by atoms with Crippen LogP contribution in [-0.4, -0.2) is 11.7 Å². The van der Waals surface area contributed by atoms with Crippen LogP contribution in [0.5, 0.6) is 0 Å². The Morgan fingerprint density at radius 2 is 2.20 bits per heavy atom. The molecule has 0 bridgehead atoms. The standard InChI is InChI=1S/C12H16BrNO/c13-11-7-9(12(15)5-6-14)3-4-10(11)8-1-2-8/h3-4,7-8,12,15H,1-2,5-6,14H2. The van der Waals surface area contributed by atoms with Crippen molar-refractivity contribution >= 4 is 15.9 Å². The predicted molar refractivity (Wildman–Crippen MR) is 64.7 cm³/mol. The van der Waals surface area contributed by atoms with Crippen LogP contribution in [0.15, 0.2) is 22.7 Å². The second-order valence-electron chi connectivity index (χ2n) is 4.15. The molecule has 0 aliphatic heterocycles. The van der Waals surface area contributed by atoms with Crippen LogP contribution in [-0.2, 0) is 0 Å². The molecule has 1 aliphatic carbocycles. The van der Waals surface area contributed by atoms with Gasteiger partial charge in [0.15, 0.2) is 0 Å². The van der Waals surface area contributed by atoms with Gasteiger partial charge < -0.3 is 10.8 Å². The lowest BCUT2D eigenvalue weighted by atomic mass is 10.0. The van der Waals surface area contributed by atoms with Crippen LogP contribution < -0.4 is 5.73 Å². The van der Waals surface area contributed by atoms with E-state index in [4.69, 9.17) is 5.73 Å². The van der Waals surface area contributed by atoms with E-state index in [9.17, 15) is 5.11 Å². The fourth-order valence-electron chi connectivity index (χ4n) is 1.80. The molecule has 1 aromatic rings. The maximum atomic E-state index is 9.79. The fraction of sp³-hybridized carbons (Fsp3) is 0.500. The number of nitrogens with two attached hydrogens (primary N) is 1. The number of aliphatic hydroxyl groups is 1. The van der Waals surface area contributed by atoms with E-state index in [1.807, 2.05) is 12.1 Å². The second kappa shape index (κ2) is 4.64. The third kappa shape index (κ3) is 2.60. The van der Waals surface area contributed by atoms with E-state index >= 15 is 0 Å². The molecular formula is C12H16BrNO. The molecule has 1 unspecified atom stereocenters. The monoisotopic (exact) mass is 269 g/mol. The Balaban J connectivity index is 2.16. The van der Waals surface area contributed by atoms with Gasteiger partial charge in [0, 0.05) is 4.47 Å². The molecule has 1 aliphatic rings. The van der Waals surface area contributed by atoms with Crippen LogP contribution in [0.25, 0.3) is 0 Å². The number of aliphatic hydroxyl groups excluding tert-OH is 1. The smallest absolute Gasteiger partial charge is 0.0802 e. The van der Waals surface area contributed by atoms with E-state index in [2.05, 4.69) is 22.0 Å². The molecule has 0 spiro atoms. The van der Waals surface area contributed by atoms with Crippen LogP contribution in [0.4, 0.5) is 0 Å². The molecule has 82 valence electrons. The van der Waals surface area contributed by atoms with Crippen LogP contribution in [0.2, 0.25) is 0 Å². The first kappa shape index (κ1) is 11.1. The van der Waals surface area contributed by atoms with E-state index in [1.165, 1.54) is 18.4 Å². The van der Waals surface area contributed by atoms with Gasteiger partial charge in [-0.15, -0.1) is 0 Å². The highest BCUT2D eigenvalue weighted by Gasteiger charge is 2.25. The van der Waals surface area contributed by atoms with Crippen molar-refractivity contribution in [2.24, 2.45) is 5.73 Å². The molecule has 15 heavy (non-hydrogen) atoms. The number of benzene rings is 1. The van der Waals surface area contributed by atoms with Gasteiger partial charge in [-0.25, -0.2) is 0 Å². The van der Waals surface area contributed by atoms with Crippen molar-refractivity contribution in [1.82, 2.24) is 0 Å². The molecule has 0 saturated heterocycles. The minimum atomic E-state index is -0.431. The summed E-state index contributed by atoms with van der Waals surface area (Å²) in [6.07, 6.45) is 2.78. The van der Waals surface area contributed by atoms with Gasteiger partial charge >= 0.3 is 0 Å². The van der Waals surface area contributed by atoms with E-state index in [0.29, 0.717) is 13.0 Å². The summed E-state index contributed by atoms with van der Waals surface area (Å²) in [7, 11) is 0. The molecule has 0 amide bonds. The highest BCUT2D eigenvalue weighted by Crippen LogP contribution is 2.43. The van der Waals surface area contributed by atoms with Gasteiger partial charge in [0.2, 0.25) is 0 Å². The van der Waals surface area contributed by atoms with Gasteiger partial charge in [-0.2, -0.15) is 0 Å². The summed E-state index contributed by atoms with van der Waals surface area (Å²) in [5.74, 6) is 0.736. The third-order valence-electron chi connectivity index (χ3n) is 2.87. The zero-order chi connectivity index (χ0) is 10.8. The maximum absolute atomic E-state index is 9.79. The second-order valence-corrected chi connectivity index (χ2v) is 5.00. The van der Waals surface area contributed by atoms with Gasteiger partial charge in [0.25, 0.3) is 0 Å². The summed E-state index contributed by atoms with van der Waals surface area (Å²) < 4.78 is 1.12. The van der Waals surface area contributed by atoms with Crippen molar-refractivity contribution < 1.29 is 5.11 Å². The van der Waals surface area contributed by atoms with Crippen molar-refractivity contribution in [2.75, 3.05) is 6.54 Å². The number of halogens is 1. The zero-order valence-electron chi connectivity index (χ0n) is 8.62. The van der Waals surface area contributed by atoms with Gasteiger partial charge in [0.1, 0.15) is 0 Å². The normalized spacial score (nSPS) is 17.8. The van der Waals surface area contributed by atoms with Gasteiger partial charge in [-0.05, 0) is 48.9 Å². The van der Waals surface area contributed by atoms with Gasteiger partial charge in [-0.1, -0.05) is 28.1 Å². The van der Waals surface area contributed by atoms with Crippen molar-refractivity contribution in [3.05, 3.63) is 33.8 Å². The molecular weight excluding hydrogens is 254 g/mol. The Morgan fingerprint density at radius 1 is 1.47 bits per heavy atom. The molecule has 3 N–H and O–H groups in total. The summed E-state index contributed by atoms with van der Waals surface area (Å²) >= 11 is 3.56. The Bertz CT molecular complexity index is 349.